The lowest BCUT2D eigenvalue weighted by molar-refractivity contribution is -0.137. The second kappa shape index (κ2) is 7.21. The van der Waals surface area contributed by atoms with Crippen molar-refractivity contribution in [3.05, 3.63) is 26.6 Å². The number of benzene rings is 1. The molecule has 0 aromatic heterocycles. The van der Waals surface area contributed by atoms with Gasteiger partial charge in [0, 0.05) is 15.0 Å². The molecule has 0 radical (unpaired) electrons. The van der Waals surface area contributed by atoms with E-state index in [1.54, 1.807) is 13.0 Å². The number of carboxylic acid groups (broad SMARTS) is 1. The molecule has 5 nitrogen and oxygen atoms in total. The van der Waals surface area contributed by atoms with Crippen molar-refractivity contribution >= 4 is 47.9 Å². The molecule has 1 rings (SSSR count). The van der Waals surface area contributed by atoms with Gasteiger partial charge in [0.05, 0.1) is 4.90 Å². The summed E-state index contributed by atoms with van der Waals surface area (Å²) in [6.45, 7) is 4.79. The first-order chi connectivity index (χ1) is 9.61. The lowest BCUT2D eigenvalue weighted by Crippen LogP contribution is -2.41. The average Bonchev–Trinajstić information content (AvgIpc) is 2.38. The fourth-order valence-electron chi connectivity index (χ4n) is 1.77. The van der Waals surface area contributed by atoms with Gasteiger partial charge >= 0.3 is 5.97 Å². The van der Waals surface area contributed by atoms with Crippen molar-refractivity contribution in [3.63, 3.8) is 0 Å². The molecule has 0 fully saturated rings. The summed E-state index contributed by atoms with van der Waals surface area (Å²) in [6, 6.07) is 2.77. The summed E-state index contributed by atoms with van der Waals surface area (Å²) in [4.78, 5) is 11.0. The van der Waals surface area contributed by atoms with Gasteiger partial charge in [-0.3, -0.25) is 4.79 Å². The van der Waals surface area contributed by atoms with Crippen LogP contribution in [0.15, 0.2) is 26.0 Å². The van der Waals surface area contributed by atoms with Crippen molar-refractivity contribution in [1.82, 2.24) is 4.31 Å². The zero-order valence-corrected chi connectivity index (χ0v) is 15.9. The smallest absolute Gasteiger partial charge is 0.318 e. The SMILES string of the molecule is CCC(C)N(CC(=O)O)S(=O)(=O)c1cc(Br)c(C)cc1Br. The van der Waals surface area contributed by atoms with Crippen molar-refractivity contribution in [1.29, 1.82) is 0 Å². The van der Waals surface area contributed by atoms with E-state index in [0.29, 0.717) is 15.4 Å². The average molecular weight is 443 g/mol. The number of carbonyl (C=O) groups is 1. The van der Waals surface area contributed by atoms with Gasteiger partial charge in [-0.05, 0) is 53.9 Å². The number of carboxylic acids is 1. The van der Waals surface area contributed by atoms with E-state index in [-0.39, 0.29) is 4.90 Å². The van der Waals surface area contributed by atoms with Crippen molar-refractivity contribution in [2.45, 2.75) is 38.1 Å². The van der Waals surface area contributed by atoms with Crippen LogP contribution in [0, 0.1) is 6.92 Å². The summed E-state index contributed by atoms with van der Waals surface area (Å²) in [5, 5.41) is 8.98. The molecule has 1 aromatic carbocycles. The van der Waals surface area contributed by atoms with E-state index in [4.69, 9.17) is 5.11 Å². The van der Waals surface area contributed by atoms with Crippen molar-refractivity contribution in [3.8, 4) is 0 Å². The van der Waals surface area contributed by atoms with Gasteiger partial charge < -0.3 is 5.11 Å². The van der Waals surface area contributed by atoms with E-state index in [9.17, 15) is 13.2 Å². The fraction of sp³-hybridized carbons (Fsp3) is 0.462. The minimum absolute atomic E-state index is 0.0570. The highest BCUT2D eigenvalue weighted by Crippen LogP contribution is 2.31. The molecule has 0 spiro atoms. The Morgan fingerprint density at radius 3 is 2.38 bits per heavy atom. The van der Waals surface area contributed by atoms with Crippen LogP contribution in [-0.2, 0) is 14.8 Å². The Bertz CT molecular complexity index is 646. The third-order valence-electron chi connectivity index (χ3n) is 3.17. The lowest BCUT2D eigenvalue weighted by atomic mass is 10.2. The summed E-state index contributed by atoms with van der Waals surface area (Å²) >= 11 is 6.56. The second-order valence-corrected chi connectivity index (χ2v) is 8.30. The van der Waals surface area contributed by atoms with Gasteiger partial charge in [-0.2, -0.15) is 4.31 Å². The molecular weight excluding hydrogens is 426 g/mol. The molecule has 21 heavy (non-hydrogen) atoms. The monoisotopic (exact) mass is 441 g/mol. The first kappa shape index (κ1) is 18.6. The molecule has 0 bridgehead atoms. The molecule has 0 aliphatic heterocycles. The van der Waals surface area contributed by atoms with Crippen molar-refractivity contribution in [2.75, 3.05) is 6.54 Å². The van der Waals surface area contributed by atoms with Crippen LogP contribution in [0.2, 0.25) is 0 Å². The Hall–Kier alpha value is -0.440. The predicted octanol–water partition coefficient (Wildman–Crippen LogP) is 3.39. The molecular formula is C13H17Br2NO4S. The van der Waals surface area contributed by atoms with E-state index in [0.717, 1.165) is 9.87 Å². The van der Waals surface area contributed by atoms with Crippen LogP contribution in [0.5, 0.6) is 0 Å². The molecule has 0 amide bonds. The standard InChI is InChI=1S/C13H17Br2NO4S/c1-4-9(3)16(7-13(17)18)21(19,20)12-6-10(14)8(2)5-11(12)15/h5-6,9H,4,7H2,1-3H3,(H,17,18). The maximum Gasteiger partial charge on any atom is 0.318 e. The topological polar surface area (TPSA) is 74.7 Å². The van der Waals surface area contributed by atoms with Crippen molar-refractivity contribution in [2.24, 2.45) is 0 Å². The first-order valence-corrected chi connectivity index (χ1v) is 9.33. The van der Waals surface area contributed by atoms with E-state index in [2.05, 4.69) is 31.9 Å². The number of rotatable bonds is 6. The number of halogens is 2. The Labute approximate surface area is 141 Å². The van der Waals surface area contributed by atoms with Gasteiger partial charge in [-0.1, -0.05) is 22.9 Å². The Morgan fingerprint density at radius 1 is 1.33 bits per heavy atom. The summed E-state index contributed by atoms with van der Waals surface area (Å²) < 4.78 is 27.6. The minimum atomic E-state index is -3.90. The van der Waals surface area contributed by atoms with Crippen LogP contribution in [0.4, 0.5) is 0 Å². The van der Waals surface area contributed by atoms with Crippen LogP contribution in [0.25, 0.3) is 0 Å². The Morgan fingerprint density at radius 2 is 1.90 bits per heavy atom. The third-order valence-corrected chi connectivity index (χ3v) is 6.95. The highest BCUT2D eigenvalue weighted by molar-refractivity contribution is 9.11. The molecule has 1 unspecified atom stereocenters. The molecule has 8 heteroatoms. The van der Waals surface area contributed by atoms with E-state index in [1.807, 2.05) is 13.8 Å². The number of sulfonamides is 1. The zero-order valence-electron chi connectivity index (χ0n) is 11.9. The normalized spacial score (nSPS) is 13.4. The molecule has 1 atom stereocenters. The Balaban J connectivity index is 3.42. The second-order valence-electron chi connectivity index (χ2n) is 4.73. The van der Waals surface area contributed by atoms with Gasteiger partial charge in [0.25, 0.3) is 0 Å². The van der Waals surface area contributed by atoms with Gasteiger partial charge in [-0.25, -0.2) is 8.42 Å². The molecule has 0 aliphatic carbocycles. The summed E-state index contributed by atoms with van der Waals surface area (Å²) in [7, 11) is -3.90. The maximum absolute atomic E-state index is 12.8. The predicted molar refractivity (Wildman–Crippen MR) is 87.9 cm³/mol. The first-order valence-electron chi connectivity index (χ1n) is 6.30. The minimum Gasteiger partial charge on any atom is -0.480 e. The van der Waals surface area contributed by atoms with Crippen molar-refractivity contribution < 1.29 is 18.3 Å². The van der Waals surface area contributed by atoms with Crippen LogP contribution in [-0.4, -0.2) is 36.4 Å². The van der Waals surface area contributed by atoms with E-state index in [1.165, 1.54) is 6.07 Å². The van der Waals surface area contributed by atoms with Gasteiger partial charge in [0.15, 0.2) is 0 Å². The van der Waals surface area contributed by atoms with Crippen LogP contribution >= 0.6 is 31.9 Å². The van der Waals surface area contributed by atoms with E-state index < -0.39 is 28.6 Å². The number of hydrogen-bond donors (Lipinski definition) is 1. The number of nitrogens with zero attached hydrogens (tertiary/aromatic N) is 1. The largest absolute Gasteiger partial charge is 0.480 e. The van der Waals surface area contributed by atoms with Gasteiger partial charge in [0.1, 0.15) is 6.54 Å². The molecule has 0 heterocycles. The number of aliphatic carboxylic acids is 1. The van der Waals surface area contributed by atoms with E-state index >= 15 is 0 Å². The molecule has 0 saturated heterocycles. The van der Waals surface area contributed by atoms with Crippen LogP contribution in [0.3, 0.4) is 0 Å². The van der Waals surface area contributed by atoms with Gasteiger partial charge in [0.2, 0.25) is 10.0 Å². The number of hydrogen-bond acceptors (Lipinski definition) is 3. The molecule has 118 valence electrons. The fourth-order valence-corrected chi connectivity index (χ4v) is 5.06. The molecule has 1 aromatic rings. The number of aryl methyl sites for hydroxylation is 1. The summed E-state index contributed by atoms with van der Waals surface area (Å²) in [5.74, 6) is -1.18. The van der Waals surface area contributed by atoms with Crippen LogP contribution in [0.1, 0.15) is 25.8 Å². The highest BCUT2D eigenvalue weighted by Gasteiger charge is 2.32. The third kappa shape index (κ3) is 4.28. The zero-order chi connectivity index (χ0) is 16.4. The summed E-state index contributed by atoms with van der Waals surface area (Å²) in [6.07, 6.45) is 0.525. The summed E-state index contributed by atoms with van der Waals surface area (Å²) in [5.41, 5.74) is 0.883. The van der Waals surface area contributed by atoms with Crippen LogP contribution < -0.4 is 0 Å². The quantitative estimate of drug-likeness (QED) is 0.732. The lowest BCUT2D eigenvalue weighted by Gasteiger charge is -2.26. The molecule has 1 N–H and O–H groups in total. The maximum atomic E-state index is 12.8. The molecule has 0 aliphatic rings. The highest BCUT2D eigenvalue weighted by atomic mass is 79.9. The van der Waals surface area contributed by atoms with Gasteiger partial charge in [-0.15, -0.1) is 0 Å². The Kier molecular flexibility index (Phi) is 6.39. The molecule has 0 saturated carbocycles.